The van der Waals surface area contributed by atoms with Crippen LogP contribution in [0.3, 0.4) is 0 Å². The van der Waals surface area contributed by atoms with Crippen LogP contribution in [-0.4, -0.2) is 18.1 Å². The topological polar surface area (TPSA) is 67.8 Å². The van der Waals surface area contributed by atoms with Crippen LogP contribution in [0.1, 0.15) is 31.8 Å². The van der Waals surface area contributed by atoms with E-state index in [4.69, 9.17) is 27.9 Å². The fraction of sp³-hybridized carbons (Fsp3) is 0.0455. The molecule has 0 radical (unpaired) electrons. The number of halogens is 3. The van der Waals surface area contributed by atoms with Crippen LogP contribution in [0.4, 0.5) is 0 Å². The summed E-state index contributed by atoms with van der Waals surface area (Å²) in [6.45, 7) is 1.89. The minimum absolute atomic E-state index is 0.213. The molecular weight excluding hydrogens is 491 g/mol. The second kappa shape index (κ2) is 9.89. The Hall–Kier alpha value is -2.67. The quantitative estimate of drug-likeness (QED) is 0.199. The van der Waals surface area contributed by atoms with E-state index in [9.17, 15) is 9.59 Å². The molecule has 30 heavy (non-hydrogen) atoms. The minimum atomic E-state index is -0.499. The van der Waals surface area contributed by atoms with Crippen molar-refractivity contribution in [3.63, 3.8) is 0 Å². The van der Waals surface area contributed by atoms with Gasteiger partial charge in [-0.25, -0.2) is 10.2 Å². The summed E-state index contributed by atoms with van der Waals surface area (Å²) in [4.78, 5) is 24.7. The van der Waals surface area contributed by atoms with Gasteiger partial charge in [0.1, 0.15) is 5.75 Å². The summed E-state index contributed by atoms with van der Waals surface area (Å²) in [5, 5.41) is 4.59. The van der Waals surface area contributed by atoms with Gasteiger partial charge in [-0.1, -0.05) is 56.8 Å². The summed E-state index contributed by atoms with van der Waals surface area (Å²) < 4.78 is 6.27. The maximum atomic E-state index is 12.5. The van der Waals surface area contributed by atoms with Crippen LogP contribution in [0.15, 0.2) is 70.2 Å². The Bertz CT molecular complexity index is 1150. The minimum Gasteiger partial charge on any atom is -0.422 e. The van der Waals surface area contributed by atoms with Crippen LogP contribution in [0.2, 0.25) is 10.0 Å². The molecule has 0 unspecified atom stereocenters. The molecule has 0 spiro atoms. The second-order valence-electron chi connectivity index (χ2n) is 6.26. The van der Waals surface area contributed by atoms with Crippen LogP contribution in [0.5, 0.6) is 5.75 Å². The van der Waals surface area contributed by atoms with Crippen LogP contribution in [0, 0.1) is 6.92 Å². The molecule has 0 aliphatic rings. The zero-order chi connectivity index (χ0) is 21.7. The van der Waals surface area contributed by atoms with Gasteiger partial charge in [-0.3, -0.25) is 4.79 Å². The number of nitrogens with zero attached hydrogens (tertiary/aromatic N) is 1. The maximum Gasteiger partial charge on any atom is 0.343 e. The van der Waals surface area contributed by atoms with E-state index in [0.717, 1.165) is 10.0 Å². The van der Waals surface area contributed by atoms with Gasteiger partial charge in [0, 0.05) is 15.1 Å². The third kappa shape index (κ3) is 5.69. The van der Waals surface area contributed by atoms with Gasteiger partial charge in [-0.2, -0.15) is 5.10 Å². The number of nitrogens with one attached hydrogen (secondary N) is 1. The number of hydrogen-bond donors (Lipinski definition) is 1. The number of aryl methyl sites for hydroxylation is 1. The zero-order valence-corrected chi connectivity index (χ0v) is 18.8. The normalized spacial score (nSPS) is 10.8. The average Bonchev–Trinajstić information content (AvgIpc) is 2.69. The highest BCUT2D eigenvalue weighted by molar-refractivity contribution is 9.10. The Morgan fingerprint density at radius 3 is 2.60 bits per heavy atom. The lowest BCUT2D eigenvalue weighted by molar-refractivity contribution is 0.0734. The number of rotatable bonds is 5. The molecule has 0 heterocycles. The first-order valence-electron chi connectivity index (χ1n) is 8.70. The summed E-state index contributed by atoms with van der Waals surface area (Å²) in [6, 6.07) is 16.7. The number of hydrogen-bond acceptors (Lipinski definition) is 4. The summed E-state index contributed by atoms with van der Waals surface area (Å²) in [5.74, 6) is -0.693. The number of carbonyl (C=O) groups is 2. The van der Waals surface area contributed by atoms with Crippen molar-refractivity contribution in [1.29, 1.82) is 0 Å². The highest BCUT2D eigenvalue weighted by Crippen LogP contribution is 2.23. The highest BCUT2D eigenvalue weighted by Gasteiger charge is 2.13. The first-order chi connectivity index (χ1) is 14.3. The van der Waals surface area contributed by atoms with Crippen molar-refractivity contribution in [2.75, 3.05) is 0 Å². The number of carbonyl (C=O) groups excluding carboxylic acids is 2. The molecule has 152 valence electrons. The lowest BCUT2D eigenvalue weighted by Gasteiger charge is -2.08. The average molecular weight is 506 g/mol. The van der Waals surface area contributed by atoms with Crippen molar-refractivity contribution in [1.82, 2.24) is 5.43 Å². The molecule has 0 fully saturated rings. The van der Waals surface area contributed by atoms with Gasteiger partial charge in [-0.15, -0.1) is 0 Å². The lowest BCUT2D eigenvalue weighted by Crippen LogP contribution is -2.18. The van der Waals surface area contributed by atoms with Crippen molar-refractivity contribution in [3.8, 4) is 5.75 Å². The highest BCUT2D eigenvalue weighted by atomic mass is 79.9. The number of benzene rings is 3. The van der Waals surface area contributed by atoms with Crippen molar-refractivity contribution in [2.45, 2.75) is 6.92 Å². The van der Waals surface area contributed by atoms with E-state index in [0.29, 0.717) is 21.9 Å². The summed E-state index contributed by atoms with van der Waals surface area (Å²) in [5.41, 5.74) is 4.51. The van der Waals surface area contributed by atoms with Gasteiger partial charge in [0.2, 0.25) is 0 Å². The summed E-state index contributed by atoms with van der Waals surface area (Å²) in [6.07, 6.45) is 1.38. The smallest absolute Gasteiger partial charge is 0.343 e. The van der Waals surface area contributed by atoms with E-state index in [2.05, 4.69) is 26.5 Å². The molecule has 0 bridgehead atoms. The maximum absolute atomic E-state index is 12.5. The predicted molar refractivity (Wildman–Crippen MR) is 122 cm³/mol. The van der Waals surface area contributed by atoms with Crippen molar-refractivity contribution in [2.24, 2.45) is 5.10 Å². The molecule has 0 atom stereocenters. The number of amides is 1. The van der Waals surface area contributed by atoms with Crippen molar-refractivity contribution in [3.05, 3.63) is 97.4 Å². The Balaban J connectivity index is 1.76. The molecule has 0 aliphatic heterocycles. The largest absolute Gasteiger partial charge is 0.422 e. The molecule has 3 aromatic carbocycles. The number of hydrazone groups is 1. The van der Waals surface area contributed by atoms with Crippen LogP contribution in [-0.2, 0) is 0 Å². The Kier molecular flexibility index (Phi) is 7.26. The zero-order valence-electron chi connectivity index (χ0n) is 15.7. The lowest BCUT2D eigenvalue weighted by atomic mass is 10.1. The molecule has 8 heteroatoms. The molecule has 0 aromatic heterocycles. The first kappa shape index (κ1) is 22.0. The monoisotopic (exact) mass is 504 g/mol. The van der Waals surface area contributed by atoms with Crippen LogP contribution in [0.25, 0.3) is 0 Å². The fourth-order valence-electron chi connectivity index (χ4n) is 2.54. The van der Waals surface area contributed by atoms with Crippen LogP contribution >= 0.6 is 39.1 Å². The van der Waals surface area contributed by atoms with Gasteiger partial charge < -0.3 is 4.74 Å². The number of esters is 1. The standard InChI is InChI=1S/C22H15BrCl2N2O3/c1-13-3-2-4-14(9-13)22(29)30-20-8-5-16(23)10-15(20)12-26-27-21(28)18-7-6-17(24)11-19(18)25/h2-12H,1H3,(H,27,28)/b26-12-. The van der Waals surface area contributed by atoms with Gasteiger partial charge in [0.15, 0.2) is 0 Å². The van der Waals surface area contributed by atoms with Crippen LogP contribution < -0.4 is 10.2 Å². The van der Waals surface area contributed by atoms with Crippen molar-refractivity contribution >= 4 is 57.2 Å². The summed E-state index contributed by atoms with van der Waals surface area (Å²) >= 11 is 15.2. The molecule has 0 aliphatic carbocycles. The fourth-order valence-corrected chi connectivity index (χ4v) is 3.41. The molecule has 0 saturated heterocycles. The Morgan fingerprint density at radius 2 is 1.87 bits per heavy atom. The van der Waals surface area contributed by atoms with E-state index in [1.807, 2.05) is 13.0 Å². The first-order valence-corrected chi connectivity index (χ1v) is 10.3. The third-order valence-electron chi connectivity index (χ3n) is 3.97. The molecular formula is C22H15BrCl2N2O3. The third-order valence-corrected chi connectivity index (χ3v) is 5.01. The predicted octanol–water partition coefficient (Wildman–Crippen LogP) is 6.05. The van der Waals surface area contributed by atoms with E-state index in [1.54, 1.807) is 42.5 Å². The van der Waals surface area contributed by atoms with Gasteiger partial charge in [-0.05, 0) is 55.5 Å². The van der Waals surface area contributed by atoms with E-state index in [-0.39, 0.29) is 10.6 Å². The Labute approximate surface area is 191 Å². The molecule has 1 amide bonds. The van der Waals surface area contributed by atoms with E-state index < -0.39 is 11.9 Å². The van der Waals surface area contributed by atoms with E-state index >= 15 is 0 Å². The SMILES string of the molecule is Cc1cccc(C(=O)Oc2ccc(Br)cc2/C=N\NC(=O)c2ccc(Cl)cc2Cl)c1. The summed E-state index contributed by atoms with van der Waals surface area (Å²) in [7, 11) is 0. The molecule has 3 rings (SSSR count). The molecule has 1 N–H and O–H groups in total. The Morgan fingerprint density at radius 1 is 1.07 bits per heavy atom. The van der Waals surface area contributed by atoms with Gasteiger partial charge in [0.05, 0.1) is 22.4 Å². The molecule has 3 aromatic rings. The van der Waals surface area contributed by atoms with Gasteiger partial charge >= 0.3 is 5.97 Å². The number of ether oxygens (including phenoxy) is 1. The second-order valence-corrected chi connectivity index (χ2v) is 8.02. The van der Waals surface area contributed by atoms with Crippen molar-refractivity contribution < 1.29 is 14.3 Å². The van der Waals surface area contributed by atoms with E-state index in [1.165, 1.54) is 18.3 Å². The van der Waals surface area contributed by atoms with Gasteiger partial charge in [0.25, 0.3) is 5.91 Å². The molecule has 5 nitrogen and oxygen atoms in total. The molecule has 0 saturated carbocycles.